The Morgan fingerprint density at radius 1 is 1.21 bits per heavy atom. The molecular weight excluding hydrogens is 265 g/mol. The van der Waals surface area contributed by atoms with Crippen LogP contribution in [0.4, 0.5) is 4.39 Å². The Balaban J connectivity index is -0.000000445. The van der Waals surface area contributed by atoms with E-state index >= 15 is 0 Å². The number of hydrogen-bond donors (Lipinski definition) is 2. The lowest BCUT2D eigenvalue weighted by atomic mass is 10.0. The van der Waals surface area contributed by atoms with Crippen molar-refractivity contribution in [1.82, 2.24) is 5.32 Å². The fourth-order valence-corrected chi connectivity index (χ4v) is 1.59. The third kappa shape index (κ3) is 20.4. The summed E-state index contributed by atoms with van der Waals surface area (Å²) in [5.41, 5.74) is 0.128. The molecule has 0 aromatic heterocycles. The third-order valence-corrected chi connectivity index (χ3v) is 2.83. The van der Waals surface area contributed by atoms with E-state index in [2.05, 4.69) is 45.6 Å². The molecule has 1 N–H and O–H groups in total. The molecule has 0 amide bonds. The summed E-state index contributed by atoms with van der Waals surface area (Å²) in [5.74, 6) is 0.877. The molecule has 0 saturated carbocycles. The summed E-state index contributed by atoms with van der Waals surface area (Å²) in [7, 11) is 1.98. The van der Waals surface area contributed by atoms with Crippen LogP contribution in [-0.2, 0) is 9.53 Å². The number of ether oxygens (including phenoxy) is 1. The van der Waals surface area contributed by atoms with Crippen molar-refractivity contribution < 1.29 is 13.9 Å². The monoisotopic (exact) mass is 297 g/mol. The number of thiol groups is 1. The van der Waals surface area contributed by atoms with Gasteiger partial charge >= 0.3 is 0 Å². The number of hydrogen-bond acceptors (Lipinski definition) is 4. The maximum atomic E-state index is 9.61. The van der Waals surface area contributed by atoms with Gasteiger partial charge in [0.25, 0.3) is 6.54 Å². The van der Waals surface area contributed by atoms with Gasteiger partial charge in [-0.3, -0.25) is 4.79 Å². The van der Waals surface area contributed by atoms with E-state index < -0.39 is 6.54 Å². The van der Waals surface area contributed by atoms with Crippen LogP contribution in [-0.4, -0.2) is 37.1 Å². The van der Waals surface area contributed by atoms with E-state index in [0.717, 1.165) is 25.2 Å². The van der Waals surface area contributed by atoms with Crippen LogP contribution >= 0.6 is 12.6 Å². The van der Waals surface area contributed by atoms with Crippen molar-refractivity contribution in [3.05, 3.63) is 0 Å². The van der Waals surface area contributed by atoms with Crippen LogP contribution in [0.2, 0.25) is 0 Å². The van der Waals surface area contributed by atoms with Gasteiger partial charge in [0.05, 0.1) is 5.60 Å². The Bertz CT molecular complexity index is 200. The van der Waals surface area contributed by atoms with Crippen molar-refractivity contribution in [2.24, 2.45) is 0 Å². The van der Waals surface area contributed by atoms with Gasteiger partial charge in [0.1, 0.15) is 0 Å². The second kappa shape index (κ2) is 14.3. The zero-order valence-electron chi connectivity index (χ0n) is 13.5. The van der Waals surface area contributed by atoms with Crippen molar-refractivity contribution in [1.29, 1.82) is 0 Å². The predicted molar refractivity (Wildman–Crippen MR) is 85.5 cm³/mol. The highest BCUT2D eigenvalue weighted by atomic mass is 32.1. The highest BCUT2D eigenvalue weighted by Crippen LogP contribution is 2.17. The predicted octanol–water partition coefficient (Wildman–Crippen LogP) is 3.66. The summed E-state index contributed by atoms with van der Waals surface area (Å²) in [6.45, 7) is 12.7. The second-order valence-corrected chi connectivity index (χ2v) is 5.50. The minimum absolute atomic E-state index is 0.0361. The van der Waals surface area contributed by atoms with E-state index in [4.69, 9.17) is 9.53 Å². The normalized spacial score (nSPS) is 10.8. The van der Waals surface area contributed by atoms with Crippen LogP contribution < -0.4 is 5.32 Å². The fourth-order valence-electron chi connectivity index (χ4n) is 1.05. The fraction of sp³-hybridized carbons (Fsp3) is 0.929. The standard InChI is InChI=1S/C11H25NOS.C2H6.CHFO/c1-10(2,12-5)6-8-13-11(3,4)7-9-14;1-2;2-1-3/h12,14H,6-9H2,1-5H3;1-2H3;1H. The molecule has 0 unspecified atom stereocenters. The molecule has 5 heteroatoms. The summed E-state index contributed by atoms with van der Waals surface area (Å²) in [6.07, 6.45) is 2.02. The molecule has 0 atom stereocenters. The lowest BCUT2D eigenvalue weighted by Gasteiger charge is -2.29. The molecule has 0 heterocycles. The largest absolute Gasteiger partial charge is 0.375 e. The molecule has 0 fully saturated rings. The van der Waals surface area contributed by atoms with Crippen LogP contribution in [0.15, 0.2) is 0 Å². The molecule has 0 aromatic carbocycles. The number of halogens is 1. The smallest absolute Gasteiger partial charge is 0.289 e. The molecule has 0 aromatic rings. The molecule has 0 rings (SSSR count). The minimum atomic E-state index is -0.750. The Kier molecular flexibility index (Phi) is 18.0. The van der Waals surface area contributed by atoms with Crippen LogP contribution in [0.5, 0.6) is 0 Å². The van der Waals surface area contributed by atoms with Crippen molar-refractivity contribution in [2.75, 3.05) is 19.4 Å². The molecule has 0 aliphatic carbocycles. The first-order chi connectivity index (χ1) is 8.74. The molecule has 0 radical (unpaired) electrons. The lowest BCUT2D eigenvalue weighted by molar-refractivity contribution is -0.0263. The van der Waals surface area contributed by atoms with E-state index in [1.54, 1.807) is 0 Å². The number of rotatable bonds is 7. The molecule has 0 bridgehead atoms. The van der Waals surface area contributed by atoms with E-state index in [1.807, 2.05) is 20.9 Å². The maximum absolute atomic E-state index is 9.61. The van der Waals surface area contributed by atoms with Gasteiger partial charge in [0, 0.05) is 12.1 Å². The number of nitrogens with one attached hydrogen (secondary N) is 1. The van der Waals surface area contributed by atoms with Gasteiger partial charge in [-0.25, -0.2) is 0 Å². The highest BCUT2D eigenvalue weighted by molar-refractivity contribution is 7.80. The maximum Gasteiger partial charge on any atom is 0.289 e. The minimum Gasteiger partial charge on any atom is -0.375 e. The van der Waals surface area contributed by atoms with Gasteiger partial charge in [-0.05, 0) is 53.3 Å². The summed E-state index contributed by atoms with van der Waals surface area (Å²) in [5, 5.41) is 3.26. The first-order valence-electron chi connectivity index (χ1n) is 6.72. The van der Waals surface area contributed by atoms with E-state index in [-0.39, 0.29) is 11.1 Å². The lowest BCUT2D eigenvalue weighted by Crippen LogP contribution is -2.38. The quantitative estimate of drug-likeness (QED) is 0.428. The SMILES string of the molecule is CC.CNC(C)(C)CCOC(C)(C)CCS.O=CF. The summed E-state index contributed by atoms with van der Waals surface area (Å²) in [6, 6.07) is 0. The molecule has 0 spiro atoms. The van der Waals surface area contributed by atoms with Gasteiger partial charge in [0.2, 0.25) is 0 Å². The topological polar surface area (TPSA) is 38.3 Å². The Hall–Kier alpha value is -0.130. The first-order valence-corrected chi connectivity index (χ1v) is 7.35. The number of carbonyl (C=O) groups is 1. The zero-order valence-corrected chi connectivity index (χ0v) is 14.4. The zero-order chi connectivity index (χ0) is 15.9. The Morgan fingerprint density at radius 3 is 1.95 bits per heavy atom. The summed E-state index contributed by atoms with van der Waals surface area (Å²) < 4.78 is 15.4. The molecular formula is C14H32FNO2S. The van der Waals surface area contributed by atoms with E-state index in [1.165, 1.54) is 0 Å². The van der Waals surface area contributed by atoms with Gasteiger partial charge in [-0.1, -0.05) is 13.8 Å². The average molecular weight is 297 g/mol. The molecule has 3 nitrogen and oxygen atoms in total. The van der Waals surface area contributed by atoms with Crippen molar-refractivity contribution >= 4 is 19.2 Å². The van der Waals surface area contributed by atoms with Crippen LogP contribution in [0.25, 0.3) is 0 Å². The van der Waals surface area contributed by atoms with E-state index in [9.17, 15) is 4.39 Å². The van der Waals surface area contributed by atoms with Gasteiger partial charge in [0.15, 0.2) is 0 Å². The average Bonchev–Trinajstić information content (AvgIpc) is 2.32. The Labute approximate surface area is 124 Å². The van der Waals surface area contributed by atoms with Crippen LogP contribution in [0.1, 0.15) is 54.4 Å². The second-order valence-electron chi connectivity index (χ2n) is 5.05. The van der Waals surface area contributed by atoms with Crippen LogP contribution in [0.3, 0.4) is 0 Å². The molecule has 0 saturated heterocycles. The van der Waals surface area contributed by atoms with Gasteiger partial charge in [-0.2, -0.15) is 17.0 Å². The van der Waals surface area contributed by atoms with Crippen LogP contribution in [0, 0.1) is 0 Å². The van der Waals surface area contributed by atoms with Crippen molar-refractivity contribution in [3.8, 4) is 0 Å². The van der Waals surface area contributed by atoms with Crippen molar-refractivity contribution in [3.63, 3.8) is 0 Å². The van der Waals surface area contributed by atoms with Gasteiger partial charge < -0.3 is 10.1 Å². The Morgan fingerprint density at radius 2 is 1.63 bits per heavy atom. The van der Waals surface area contributed by atoms with Crippen molar-refractivity contribution in [2.45, 2.75) is 65.5 Å². The van der Waals surface area contributed by atoms with Gasteiger partial charge in [-0.15, -0.1) is 0 Å². The molecule has 0 aliphatic rings. The molecule has 118 valence electrons. The molecule has 0 aliphatic heterocycles. The third-order valence-electron chi connectivity index (χ3n) is 2.61. The number of carbonyl (C=O) groups excluding carboxylic acids is 1. The summed E-state index contributed by atoms with van der Waals surface area (Å²) >= 11 is 4.22. The summed E-state index contributed by atoms with van der Waals surface area (Å²) in [4.78, 5) is 8.14. The highest BCUT2D eigenvalue weighted by Gasteiger charge is 2.20. The molecule has 19 heavy (non-hydrogen) atoms. The first kappa shape index (κ1) is 23.9. The van der Waals surface area contributed by atoms with E-state index in [0.29, 0.717) is 0 Å².